The molecule has 0 aromatic carbocycles. The average Bonchev–Trinajstić information content (AvgIpc) is 3.32. The first kappa shape index (κ1) is 30.0. The second-order valence-electron chi connectivity index (χ2n) is 7.70. The summed E-state index contributed by atoms with van der Waals surface area (Å²) in [5.74, 6) is 0.284. The van der Waals surface area contributed by atoms with E-state index in [0.29, 0.717) is 70.7 Å². The second-order valence-corrected chi connectivity index (χ2v) is 10.5. The van der Waals surface area contributed by atoms with Crippen LogP contribution in [0, 0.1) is 0 Å². The number of carbonyl (C=O) groups excluding carboxylic acids is 3. The number of nitrogens with two attached hydrogens (primary N) is 2. The predicted octanol–water partition coefficient (Wildman–Crippen LogP) is 0.149. The number of hydrogen-bond donors (Lipinski definition) is 5. The van der Waals surface area contributed by atoms with E-state index in [-0.39, 0.29) is 24.1 Å². The molecule has 7 N–H and O–H groups in total. The molecular formula is C21H41N5O5S2. The molecule has 1 fully saturated rings. The third kappa shape index (κ3) is 16.3. The number of carbonyl (C=O) groups is 3. The zero-order valence-corrected chi connectivity index (χ0v) is 21.1. The zero-order chi connectivity index (χ0) is 24.2. The molecule has 0 aromatic rings. The van der Waals surface area contributed by atoms with Crippen LogP contribution >= 0.6 is 21.6 Å². The van der Waals surface area contributed by atoms with Gasteiger partial charge < -0.3 is 36.9 Å². The van der Waals surface area contributed by atoms with Gasteiger partial charge in [0.05, 0.1) is 26.2 Å². The van der Waals surface area contributed by atoms with Crippen molar-refractivity contribution in [3.63, 3.8) is 0 Å². The van der Waals surface area contributed by atoms with Crippen LogP contribution in [-0.2, 0) is 23.9 Å². The Kier molecular flexibility index (Phi) is 18.5. The molecule has 0 spiro atoms. The Morgan fingerprint density at radius 1 is 0.909 bits per heavy atom. The molecule has 1 aliphatic rings. The van der Waals surface area contributed by atoms with Gasteiger partial charge in [-0.2, -0.15) is 0 Å². The van der Waals surface area contributed by atoms with Crippen molar-refractivity contribution < 1.29 is 23.9 Å². The van der Waals surface area contributed by atoms with Crippen molar-refractivity contribution in [1.82, 2.24) is 16.0 Å². The standard InChI is InChI=1S/C21H41N5O5S2/c22-7-12-30-11-3-9-25-21(29)18(16-20(28)24-10-14-31-13-8-23)26-19(27)5-2-1-4-17-6-15-32-33-17/h17-18H,1-16,22-23H2,(H,24,28)(H,25,29)(H,26,27)/t17?,18-/m0/s1. The molecule has 0 aliphatic carbocycles. The van der Waals surface area contributed by atoms with Crippen LogP contribution in [0.2, 0.25) is 0 Å². The van der Waals surface area contributed by atoms with Crippen molar-refractivity contribution in [2.45, 2.75) is 56.2 Å². The minimum absolute atomic E-state index is 0.131. The number of unbranched alkanes of at least 4 members (excludes halogenated alkanes) is 1. The lowest BCUT2D eigenvalue weighted by Crippen LogP contribution is -2.49. The number of rotatable bonds is 20. The summed E-state index contributed by atoms with van der Waals surface area (Å²) in [6.07, 6.45) is 4.92. The van der Waals surface area contributed by atoms with Gasteiger partial charge in [-0.05, 0) is 25.7 Å². The first-order chi connectivity index (χ1) is 16.1. The van der Waals surface area contributed by atoms with Crippen molar-refractivity contribution >= 4 is 39.3 Å². The molecule has 1 aliphatic heterocycles. The van der Waals surface area contributed by atoms with Gasteiger partial charge in [0.1, 0.15) is 6.04 Å². The first-order valence-corrected chi connectivity index (χ1v) is 14.1. The number of amides is 3. The van der Waals surface area contributed by atoms with Gasteiger partial charge in [0, 0.05) is 50.2 Å². The Bertz CT molecular complexity index is 553. The SMILES string of the molecule is NCCOCCCNC(=O)[C@H](CC(=O)NCCOCCN)NC(=O)CCCCC1CCSS1. The predicted molar refractivity (Wildman–Crippen MR) is 134 cm³/mol. The summed E-state index contributed by atoms with van der Waals surface area (Å²) in [5.41, 5.74) is 10.7. The van der Waals surface area contributed by atoms with Crippen molar-refractivity contribution in [3.05, 3.63) is 0 Å². The van der Waals surface area contributed by atoms with Crippen molar-refractivity contribution in [2.75, 3.05) is 58.4 Å². The van der Waals surface area contributed by atoms with Gasteiger partial charge in [-0.25, -0.2) is 0 Å². The highest BCUT2D eigenvalue weighted by molar-refractivity contribution is 8.77. The van der Waals surface area contributed by atoms with Crippen molar-refractivity contribution in [3.8, 4) is 0 Å². The van der Waals surface area contributed by atoms with E-state index in [4.69, 9.17) is 20.9 Å². The molecule has 0 saturated carbocycles. The quantitative estimate of drug-likeness (QED) is 0.114. The lowest BCUT2D eigenvalue weighted by atomic mass is 10.1. The molecule has 0 aromatic heterocycles. The molecular weight excluding hydrogens is 466 g/mol. The Balaban J connectivity index is 2.39. The highest BCUT2D eigenvalue weighted by Gasteiger charge is 2.23. The molecule has 1 unspecified atom stereocenters. The van der Waals surface area contributed by atoms with Crippen molar-refractivity contribution in [1.29, 1.82) is 0 Å². The molecule has 1 rings (SSSR count). The minimum Gasteiger partial charge on any atom is -0.380 e. The summed E-state index contributed by atoms with van der Waals surface area (Å²) in [6.45, 7) is 3.29. The Labute approximate surface area is 205 Å². The van der Waals surface area contributed by atoms with Crippen LogP contribution < -0.4 is 27.4 Å². The summed E-state index contributed by atoms with van der Waals surface area (Å²) in [7, 11) is 3.85. The normalized spacial score (nSPS) is 16.4. The molecule has 0 bridgehead atoms. The van der Waals surface area contributed by atoms with Crippen LogP contribution in [0.4, 0.5) is 0 Å². The van der Waals surface area contributed by atoms with Gasteiger partial charge >= 0.3 is 0 Å². The average molecular weight is 508 g/mol. The van der Waals surface area contributed by atoms with Gasteiger partial charge in [-0.3, -0.25) is 14.4 Å². The lowest BCUT2D eigenvalue weighted by Gasteiger charge is -2.18. The van der Waals surface area contributed by atoms with Gasteiger partial charge in [-0.1, -0.05) is 28.0 Å². The highest BCUT2D eigenvalue weighted by atomic mass is 33.1. The van der Waals surface area contributed by atoms with Crippen LogP contribution in [0.5, 0.6) is 0 Å². The molecule has 1 heterocycles. The summed E-state index contributed by atoms with van der Waals surface area (Å²) in [6, 6.07) is -0.922. The summed E-state index contributed by atoms with van der Waals surface area (Å²) < 4.78 is 10.5. The van der Waals surface area contributed by atoms with Crippen LogP contribution in [0.3, 0.4) is 0 Å². The molecule has 3 amide bonds. The van der Waals surface area contributed by atoms with Crippen LogP contribution in [-0.4, -0.2) is 87.4 Å². The molecule has 1 saturated heterocycles. The smallest absolute Gasteiger partial charge is 0.243 e. The zero-order valence-electron chi connectivity index (χ0n) is 19.5. The lowest BCUT2D eigenvalue weighted by molar-refractivity contribution is -0.132. The minimum atomic E-state index is -0.922. The molecule has 10 nitrogen and oxygen atoms in total. The number of nitrogens with one attached hydrogen (secondary N) is 3. The topological polar surface area (TPSA) is 158 Å². The van der Waals surface area contributed by atoms with Gasteiger partial charge in [-0.15, -0.1) is 0 Å². The second kappa shape index (κ2) is 20.3. The maximum atomic E-state index is 12.6. The number of hydrogen-bond acceptors (Lipinski definition) is 9. The molecule has 33 heavy (non-hydrogen) atoms. The largest absolute Gasteiger partial charge is 0.380 e. The maximum absolute atomic E-state index is 12.6. The summed E-state index contributed by atoms with van der Waals surface area (Å²) in [5, 5.41) is 8.89. The van der Waals surface area contributed by atoms with Crippen LogP contribution in [0.25, 0.3) is 0 Å². The summed E-state index contributed by atoms with van der Waals surface area (Å²) >= 11 is 0. The van der Waals surface area contributed by atoms with E-state index in [2.05, 4.69) is 16.0 Å². The van der Waals surface area contributed by atoms with Crippen LogP contribution in [0.1, 0.15) is 44.9 Å². The number of ether oxygens (including phenoxy) is 2. The Morgan fingerprint density at radius 3 is 2.36 bits per heavy atom. The van der Waals surface area contributed by atoms with E-state index in [1.807, 2.05) is 21.6 Å². The van der Waals surface area contributed by atoms with E-state index in [1.165, 1.54) is 12.2 Å². The molecule has 12 heteroatoms. The maximum Gasteiger partial charge on any atom is 0.243 e. The van der Waals surface area contributed by atoms with Gasteiger partial charge in [0.25, 0.3) is 0 Å². The van der Waals surface area contributed by atoms with E-state index in [0.717, 1.165) is 19.3 Å². The first-order valence-electron chi connectivity index (χ1n) is 11.7. The molecule has 0 radical (unpaired) electrons. The van der Waals surface area contributed by atoms with E-state index < -0.39 is 6.04 Å². The fourth-order valence-electron chi connectivity index (χ4n) is 3.10. The molecule has 2 atom stereocenters. The van der Waals surface area contributed by atoms with Gasteiger partial charge in [0.2, 0.25) is 17.7 Å². The van der Waals surface area contributed by atoms with E-state index in [9.17, 15) is 14.4 Å². The Morgan fingerprint density at radius 2 is 1.67 bits per heavy atom. The van der Waals surface area contributed by atoms with Gasteiger partial charge in [0.15, 0.2) is 0 Å². The van der Waals surface area contributed by atoms with E-state index >= 15 is 0 Å². The third-order valence-electron chi connectivity index (χ3n) is 4.81. The third-order valence-corrected chi connectivity index (χ3v) is 7.81. The van der Waals surface area contributed by atoms with Crippen LogP contribution in [0.15, 0.2) is 0 Å². The molecule has 192 valence electrons. The fourth-order valence-corrected chi connectivity index (χ4v) is 6.13. The highest BCUT2D eigenvalue weighted by Crippen LogP contribution is 2.39. The fraction of sp³-hybridized carbons (Fsp3) is 0.857. The monoisotopic (exact) mass is 507 g/mol. The van der Waals surface area contributed by atoms with Crippen molar-refractivity contribution in [2.24, 2.45) is 11.5 Å². The van der Waals surface area contributed by atoms with E-state index in [1.54, 1.807) is 0 Å². The Hall–Kier alpha value is -1.05. The summed E-state index contributed by atoms with van der Waals surface area (Å²) in [4.78, 5) is 37.3.